The Labute approximate surface area is 147 Å². The summed E-state index contributed by atoms with van der Waals surface area (Å²) in [4.78, 5) is 13.7. The van der Waals surface area contributed by atoms with Gasteiger partial charge in [0.1, 0.15) is 0 Å². The maximum Gasteiger partial charge on any atom is 0.223 e. The average Bonchev–Trinajstić information content (AvgIpc) is 3.27. The van der Waals surface area contributed by atoms with Gasteiger partial charge in [-0.05, 0) is 44.7 Å². The number of fused-ring (bicyclic) bond motifs is 2. The second-order valence-corrected chi connectivity index (χ2v) is 7.05. The number of nitrogens with one attached hydrogen (secondary N) is 1. The van der Waals surface area contributed by atoms with Crippen LogP contribution in [-0.4, -0.2) is 30.6 Å². The molecule has 128 valence electrons. The molecule has 0 aromatic carbocycles. The summed E-state index contributed by atoms with van der Waals surface area (Å²) in [7, 11) is 0. The van der Waals surface area contributed by atoms with E-state index in [0.29, 0.717) is 6.04 Å². The van der Waals surface area contributed by atoms with E-state index in [2.05, 4.69) is 28.3 Å². The molecule has 3 heterocycles. The van der Waals surface area contributed by atoms with Gasteiger partial charge in [-0.15, -0.1) is 0 Å². The number of aromatic nitrogens is 5. The molecule has 25 heavy (non-hydrogen) atoms. The van der Waals surface area contributed by atoms with Crippen LogP contribution in [0.5, 0.6) is 0 Å². The largest absolute Gasteiger partial charge is 0.351 e. The second kappa shape index (κ2) is 5.37. The fraction of sp³-hybridized carbons (Fsp3) is 0.368. The van der Waals surface area contributed by atoms with Crippen LogP contribution in [0, 0.1) is 12.8 Å². The minimum atomic E-state index is 0. The van der Waals surface area contributed by atoms with Gasteiger partial charge in [0.2, 0.25) is 5.95 Å². The zero-order chi connectivity index (χ0) is 17.0. The molecule has 1 N–H and O–H groups in total. The van der Waals surface area contributed by atoms with Crippen LogP contribution < -0.4 is 5.32 Å². The van der Waals surface area contributed by atoms with Crippen LogP contribution in [0.1, 0.15) is 43.8 Å². The predicted molar refractivity (Wildman–Crippen MR) is 98.5 cm³/mol. The topological polar surface area (TPSA) is 68.0 Å². The Morgan fingerprint density at radius 1 is 1.28 bits per heavy atom. The van der Waals surface area contributed by atoms with Crippen LogP contribution in [-0.2, 0) is 6.42 Å². The van der Waals surface area contributed by atoms with E-state index in [-0.39, 0.29) is 1.43 Å². The molecule has 0 saturated heterocycles. The van der Waals surface area contributed by atoms with Crippen molar-refractivity contribution in [2.75, 3.05) is 5.32 Å². The molecule has 1 saturated carbocycles. The third-order valence-corrected chi connectivity index (χ3v) is 5.06. The van der Waals surface area contributed by atoms with Crippen LogP contribution in [0.15, 0.2) is 30.6 Å². The third-order valence-electron chi connectivity index (χ3n) is 5.06. The van der Waals surface area contributed by atoms with Gasteiger partial charge >= 0.3 is 0 Å². The highest BCUT2D eigenvalue weighted by Crippen LogP contribution is 2.34. The van der Waals surface area contributed by atoms with Gasteiger partial charge in [0, 0.05) is 31.2 Å². The summed E-state index contributed by atoms with van der Waals surface area (Å²) in [5.41, 5.74) is 6.01. The standard InChI is InChI=1S/C19H20N6.H2/c1-11-10-25-18(21-11)8-7-17(24-25)14-5-6-16-15(14)9-20-19(23-16)22-12(2)13-3-4-13;/h5,7-10,12-13H,3-4,6H2,1-2H3,(H,20,22,23);1H/t12-;/m1./s1. The lowest BCUT2D eigenvalue weighted by Gasteiger charge is -2.13. The number of anilines is 1. The number of nitrogens with zero attached hydrogens (tertiary/aromatic N) is 5. The first-order valence-corrected chi connectivity index (χ1v) is 8.84. The van der Waals surface area contributed by atoms with Crippen LogP contribution in [0.3, 0.4) is 0 Å². The molecule has 5 rings (SSSR count). The first-order chi connectivity index (χ1) is 12.2. The molecule has 0 spiro atoms. The van der Waals surface area contributed by atoms with Gasteiger partial charge in [0.25, 0.3) is 0 Å². The smallest absolute Gasteiger partial charge is 0.223 e. The zero-order valence-electron chi connectivity index (χ0n) is 14.4. The minimum absolute atomic E-state index is 0. The second-order valence-electron chi connectivity index (χ2n) is 7.05. The van der Waals surface area contributed by atoms with Crippen LogP contribution >= 0.6 is 0 Å². The van der Waals surface area contributed by atoms with Crippen molar-refractivity contribution in [1.29, 1.82) is 0 Å². The van der Waals surface area contributed by atoms with Gasteiger partial charge < -0.3 is 5.32 Å². The van der Waals surface area contributed by atoms with Crippen LogP contribution in [0.4, 0.5) is 5.95 Å². The van der Waals surface area contributed by atoms with Crippen molar-refractivity contribution in [1.82, 2.24) is 24.6 Å². The molecule has 0 bridgehead atoms. The lowest BCUT2D eigenvalue weighted by Crippen LogP contribution is -2.19. The van der Waals surface area contributed by atoms with Crippen molar-refractivity contribution >= 4 is 17.2 Å². The van der Waals surface area contributed by atoms with Crippen molar-refractivity contribution < 1.29 is 1.43 Å². The normalized spacial score (nSPS) is 17.4. The fourth-order valence-electron chi connectivity index (χ4n) is 3.48. The van der Waals surface area contributed by atoms with Gasteiger partial charge in [0.15, 0.2) is 5.65 Å². The molecular weight excluding hydrogens is 312 g/mol. The van der Waals surface area contributed by atoms with Gasteiger partial charge in [-0.25, -0.2) is 19.5 Å². The van der Waals surface area contributed by atoms with Gasteiger partial charge in [-0.1, -0.05) is 6.08 Å². The van der Waals surface area contributed by atoms with Gasteiger partial charge in [-0.3, -0.25) is 0 Å². The number of hydrogen-bond acceptors (Lipinski definition) is 5. The Bertz CT molecular complexity index is 1000. The quantitative estimate of drug-likeness (QED) is 0.793. The van der Waals surface area contributed by atoms with Crippen LogP contribution in [0.2, 0.25) is 0 Å². The van der Waals surface area contributed by atoms with Crippen LogP contribution in [0.25, 0.3) is 11.2 Å². The Hall–Kier alpha value is -2.76. The fourth-order valence-corrected chi connectivity index (χ4v) is 3.48. The maximum absolute atomic E-state index is 4.72. The van der Waals surface area contributed by atoms with Crippen molar-refractivity contribution in [2.45, 2.75) is 39.2 Å². The molecule has 0 amide bonds. The lowest BCUT2D eigenvalue weighted by molar-refractivity contribution is 0.685. The van der Waals surface area contributed by atoms with Crippen molar-refractivity contribution in [3.63, 3.8) is 0 Å². The predicted octanol–water partition coefficient (Wildman–Crippen LogP) is 3.27. The maximum atomic E-state index is 4.72. The summed E-state index contributed by atoms with van der Waals surface area (Å²) >= 11 is 0. The monoisotopic (exact) mass is 334 g/mol. The van der Waals surface area contributed by atoms with Crippen molar-refractivity contribution in [2.24, 2.45) is 5.92 Å². The highest BCUT2D eigenvalue weighted by molar-refractivity contribution is 5.82. The lowest BCUT2D eigenvalue weighted by atomic mass is 10.1. The molecule has 6 heteroatoms. The molecule has 2 aliphatic rings. The summed E-state index contributed by atoms with van der Waals surface area (Å²) in [5.74, 6) is 1.52. The summed E-state index contributed by atoms with van der Waals surface area (Å²) in [5, 5.41) is 8.14. The molecule has 3 aromatic heterocycles. The van der Waals surface area contributed by atoms with E-state index < -0.39 is 0 Å². The average molecular weight is 334 g/mol. The molecule has 3 aromatic rings. The number of allylic oxidation sites excluding steroid dienone is 1. The zero-order valence-corrected chi connectivity index (χ0v) is 14.4. The van der Waals surface area contributed by atoms with E-state index in [1.165, 1.54) is 12.8 Å². The number of aryl methyl sites for hydroxylation is 1. The third kappa shape index (κ3) is 2.58. The molecule has 0 unspecified atom stereocenters. The van der Waals surface area contributed by atoms with E-state index in [9.17, 15) is 0 Å². The molecule has 1 fully saturated rings. The summed E-state index contributed by atoms with van der Waals surface area (Å²) in [6.07, 6.45) is 9.50. The number of hydrogen-bond donors (Lipinski definition) is 1. The minimum Gasteiger partial charge on any atom is -0.351 e. The molecule has 6 nitrogen and oxygen atoms in total. The van der Waals surface area contributed by atoms with E-state index in [1.54, 1.807) is 0 Å². The summed E-state index contributed by atoms with van der Waals surface area (Å²) in [6, 6.07) is 4.46. The van der Waals surface area contributed by atoms with E-state index in [4.69, 9.17) is 10.1 Å². The highest BCUT2D eigenvalue weighted by Gasteiger charge is 2.28. The van der Waals surface area contributed by atoms with Gasteiger partial charge in [0.05, 0.1) is 23.3 Å². The summed E-state index contributed by atoms with van der Waals surface area (Å²) < 4.78 is 1.83. The first-order valence-electron chi connectivity index (χ1n) is 8.84. The Balaban J connectivity index is 0.00000168. The molecule has 0 aliphatic heterocycles. The van der Waals surface area contributed by atoms with Crippen molar-refractivity contribution in [3.8, 4) is 0 Å². The Kier molecular flexibility index (Phi) is 3.13. The summed E-state index contributed by atoms with van der Waals surface area (Å²) in [6.45, 7) is 4.19. The molecule has 2 aliphatic carbocycles. The highest BCUT2D eigenvalue weighted by atomic mass is 15.2. The van der Waals surface area contributed by atoms with Gasteiger partial charge in [-0.2, -0.15) is 5.10 Å². The number of rotatable bonds is 4. The molecular formula is C19H22N6. The molecule has 0 radical (unpaired) electrons. The molecule has 1 atom stereocenters. The number of imidazole rings is 1. The Morgan fingerprint density at radius 2 is 2.16 bits per heavy atom. The Morgan fingerprint density at radius 3 is 3.00 bits per heavy atom. The van der Waals surface area contributed by atoms with E-state index >= 15 is 0 Å². The van der Waals surface area contributed by atoms with Crippen molar-refractivity contribution in [3.05, 3.63) is 53.2 Å². The van der Waals surface area contributed by atoms with E-state index in [1.807, 2.05) is 36.0 Å². The van der Waals surface area contributed by atoms with E-state index in [0.717, 1.165) is 52.2 Å². The SMILES string of the molecule is Cc1cn2nc(C3=CCc4nc(N[C@H](C)C5CC5)ncc43)ccc2n1.[HH]. The first kappa shape index (κ1) is 14.6.